The molecule has 9 nitrogen and oxygen atoms in total. The molecule has 6 rings (SSSR count). The Morgan fingerprint density at radius 3 is 2.62 bits per heavy atom. The van der Waals surface area contributed by atoms with Crippen molar-refractivity contribution in [3.05, 3.63) is 103 Å². The predicted octanol–water partition coefficient (Wildman–Crippen LogP) is 4.87. The van der Waals surface area contributed by atoms with Gasteiger partial charge in [-0.05, 0) is 73.0 Å². The molecule has 4 heterocycles. The number of nitrogens with two attached hydrogens (primary N) is 1. The zero-order valence-corrected chi connectivity index (χ0v) is 23.1. The number of fused-ring (bicyclic) bond motifs is 1. The number of piperidine rings is 1. The first-order valence-corrected chi connectivity index (χ1v) is 13.9. The van der Waals surface area contributed by atoms with Gasteiger partial charge in [-0.3, -0.25) is 14.3 Å². The van der Waals surface area contributed by atoms with Crippen molar-refractivity contribution in [2.45, 2.75) is 25.4 Å². The van der Waals surface area contributed by atoms with Gasteiger partial charge in [0.15, 0.2) is 11.5 Å². The first-order chi connectivity index (χ1) is 20.5. The highest BCUT2D eigenvalue weighted by atomic mass is 16.1. The van der Waals surface area contributed by atoms with E-state index >= 15 is 0 Å². The summed E-state index contributed by atoms with van der Waals surface area (Å²) < 4.78 is 2.01. The maximum atomic E-state index is 11.6. The summed E-state index contributed by atoms with van der Waals surface area (Å²) in [7, 11) is 0. The monoisotopic (exact) mass is 554 g/mol. The van der Waals surface area contributed by atoms with E-state index in [1.54, 1.807) is 12.3 Å². The third kappa shape index (κ3) is 5.48. The van der Waals surface area contributed by atoms with Gasteiger partial charge in [0.25, 0.3) is 0 Å². The molecule has 1 amide bonds. The van der Waals surface area contributed by atoms with E-state index in [2.05, 4.69) is 52.1 Å². The Hall–Kier alpha value is -5.33. The Kier molecular flexibility index (Phi) is 7.45. The largest absolute Gasteiger partial charge is 0.383 e. The number of carbonyl (C=O) groups is 1. The molecule has 2 aromatic carbocycles. The molecule has 9 heteroatoms. The summed E-state index contributed by atoms with van der Waals surface area (Å²) in [6, 6.07) is 25.8. The molecule has 1 saturated heterocycles. The Labute approximate surface area is 244 Å². The SMILES string of the molecule is C=CC(=O)NC1CCN(Cc2ccc(-n3c(-c4cccnc4N)nc4ccc(-c5cccc(C#N)c5)nc43)cc2)CC1. The van der Waals surface area contributed by atoms with Crippen LogP contribution >= 0.6 is 0 Å². The molecule has 0 radical (unpaired) electrons. The Balaban J connectivity index is 1.33. The van der Waals surface area contributed by atoms with Gasteiger partial charge in [-0.25, -0.2) is 15.0 Å². The standard InChI is InChI=1S/C33H30N8O/c1-2-30(42)37-25-14-17-40(18-15-25)21-22-8-10-26(11-9-22)41-32(27-7-4-16-36-31(27)35)39-29-13-12-28(38-33(29)41)24-6-3-5-23(19-24)20-34/h2-13,16,19,25H,1,14-15,17-18,21H2,(H2,35,36)(H,37,42). The fourth-order valence-corrected chi connectivity index (χ4v) is 5.40. The lowest BCUT2D eigenvalue weighted by Crippen LogP contribution is -2.43. The van der Waals surface area contributed by atoms with Gasteiger partial charge in [-0.15, -0.1) is 0 Å². The van der Waals surface area contributed by atoms with Crippen LogP contribution in [0.25, 0.3) is 39.5 Å². The number of rotatable bonds is 7. The summed E-state index contributed by atoms with van der Waals surface area (Å²) in [6.07, 6.45) is 4.82. The highest BCUT2D eigenvalue weighted by Crippen LogP contribution is 2.32. The van der Waals surface area contributed by atoms with Crippen LogP contribution in [-0.4, -0.2) is 49.5 Å². The molecule has 0 atom stereocenters. The quantitative estimate of drug-likeness (QED) is 0.275. The van der Waals surface area contributed by atoms with E-state index in [1.807, 2.05) is 47.0 Å². The van der Waals surface area contributed by atoms with Gasteiger partial charge >= 0.3 is 0 Å². The number of aromatic nitrogens is 4. The van der Waals surface area contributed by atoms with Gasteiger partial charge in [0.2, 0.25) is 5.91 Å². The van der Waals surface area contributed by atoms with Crippen molar-refractivity contribution < 1.29 is 4.79 Å². The summed E-state index contributed by atoms with van der Waals surface area (Å²) in [4.78, 5) is 28.3. The number of hydrogen-bond donors (Lipinski definition) is 2. The van der Waals surface area contributed by atoms with Gasteiger partial charge < -0.3 is 11.1 Å². The van der Waals surface area contributed by atoms with E-state index in [1.165, 1.54) is 11.6 Å². The summed E-state index contributed by atoms with van der Waals surface area (Å²) in [6.45, 7) is 6.20. The summed E-state index contributed by atoms with van der Waals surface area (Å²) in [5.41, 5.74) is 12.7. The second kappa shape index (κ2) is 11.6. The van der Waals surface area contributed by atoms with Crippen molar-refractivity contribution in [2.75, 3.05) is 18.8 Å². The molecule has 0 aliphatic carbocycles. The van der Waals surface area contributed by atoms with E-state index in [9.17, 15) is 10.1 Å². The van der Waals surface area contributed by atoms with Crippen LogP contribution in [0.4, 0.5) is 5.82 Å². The molecular weight excluding hydrogens is 524 g/mol. The maximum Gasteiger partial charge on any atom is 0.243 e. The second-order valence-corrected chi connectivity index (χ2v) is 10.4. The molecule has 3 N–H and O–H groups in total. The van der Waals surface area contributed by atoms with Crippen LogP contribution < -0.4 is 11.1 Å². The number of carbonyl (C=O) groups excluding carboxylic acids is 1. The number of amides is 1. The first-order valence-electron chi connectivity index (χ1n) is 13.9. The minimum Gasteiger partial charge on any atom is -0.383 e. The molecule has 5 aromatic rings. The van der Waals surface area contributed by atoms with Crippen molar-refractivity contribution in [1.29, 1.82) is 5.26 Å². The van der Waals surface area contributed by atoms with E-state index in [0.717, 1.165) is 60.5 Å². The van der Waals surface area contributed by atoms with Gasteiger partial charge in [0.05, 0.1) is 22.9 Å². The smallest absolute Gasteiger partial charge is 0.243 e. The molecule has 1 aliphatic rings. The van der Waals surface area contributed by atoms with E-state index in [4.69, 9.17) is 15.7 Å². The summed E-state index contributed by atoms with van der Waals surface area (Å²) >= 11 is 0. The van der Waals surface area contributed by atoms with Gasteiger partial charge in [0.1, 0.15) is 11.3 Å². The number of hydrogen-bond acceptors (Lipinski definition) is 7. The zero-order valence-electron chi connectivity index (χ0n) is 23.1. The number of likely N-dealkylation sites (tertiary alicyclic amines) is 1. The molecular formula is C33H30N8O. The van der Waals surface area contributed by atoms with E-state index < -0.39 is 0 Å². The lowest BCUT2D eigenvalue weighted by molar-refractivity contribution is -0.117. The van der Waals surface area contributed by atoms with Gasteiger partial charge in [0, 0.05) is 43.1 Å². The molecule has 0 saturated carbocycles. The molecule has 3 aromatic heterocycles. The molecule has 1 fully saturated rings. The number of nitrogens with zero attached hydrogens (tertiary/aromatic N) is 6. The number of nitriles is 1. The maximum absolute atomic E-state index is 11.6. The molecule has 0 spiro atoms. The van der Waals surface area contributed by atoms with Crippen LogP contribution in [0.5, 0.6) is 0 Å². The minimum atomic E-state index is -0.110. The van der Waals surface area contributed by atoms with Crippen LogP contribution in [0.3, 0.4) is 0 Å². The predicted molar refractivity (Wildman–Crippen MR) is 163 cm³/mol. The Morgan fingerprint density at radius 1 is 1.07 bits per heavy atom. The lowest BCUT2D eigenvalue weighted by Gasteiger charge is -2.32. The van der Waals surface area contributed by atoms with Crippen LogP contribution in [0, 0.1) is 11.3 Å². The average molecular weight is 555 g/mol. The van der Waals surface area contributed by atoms with Gasteiger partial charge in [-0.1, -0.05) is 30.8 Å². The minimum absolute atomic E-state index is 0.110. The molecule has 0 unspecified atom stereocenters. The third-order valence-corrected chi connectivity index (χ3v) is 7.59. The average Bonchev–Trinajstić information content (AvgIpc) is 3.41. The van der Waals surface area contributed by atoms with E-state index in [0.29, 0.717) is 22.9 Å². The highest BCUT2D eigenvalue weighted by Gasteiger charge is 2.21. The van der Waals surface area contributed by atoms with Crippen molar-refractivity contribution in [2.24, 2.45) is 0 Å². The number of nitrogens with one attached hydrogen (secondary N) is 1. The number of pyridine rings is 2. The van der Waals surface area contributed by atoms with Crippen molar-refractivity contribution >= 4 is 22.9 Å². The summed E-state index contributed by atoms with van der Waals surface area (Å²) in [5.74, 6) is 0.934. The van der Waals surface area contributed by atoms with Crippen LogP contribution in [0.2, 0.25) is 0 Å². The summed E-state index contributed by atoms with van der Waals surface area (Å²) in [5, 5.41) is 12.4. The number of benzene rings is 2. The fourth-order valence-electron chi connectivity index (χ4n) is 5.40. The Morgan fingerprint density at radius 2 is 1.88 bits per heavy atom. The van der Waals surface area contributed by atoms with Crippen molar-refractivity contribution in [3.8, 4) is 34.4 Å². The number of nitrogen functional groups attached to an aromatic ring is 1. The Bertz CT molecular complexity index is 1810. The number of anilines is 1. The van der Waals surface area contributed by atoms with Gasteiger partial charge in [-0.2, -0.15) is 5.26 Å². The van der Waals surface area contributed by atoms with Crippen LogP contribution in [-0.2, 0) is 11.3 Å². The van der Waals surface area contributed by atoms with Crippen LogP contribution in [0.1, 0.15) is 24.0 Å². The number of imidazole rings is 1. The normalized spacial score (nSPS) is 14.0. The molecule has 208 valence electrons. The van der Waals surface area contributed by atoms with Crippen LogP contribution in [0.15, 0.2) is 91.6 Å². The molecule has 1 aliphatic heterocycles. The first kappa shape index (κ1) is 26.9. The fraction of sp³-hybridized carbons (Fsp3) is 0.182. The lowest BCUT2D eigenvalue weighted by atomic mass is 10.0. The van der Waals surface area contributed by atoms with Crippen molar-refractivity contribution in [3.63, 3.8) is 0 Å². The van der Waals surface area contributed by atoms with Crippen molar-refractivity contribution in [1.82, 2.24) is 29.7 Å². The zero-order chi connectivity index (χ0) is 29.1. The third-order valence-electron chi connectivity index (χ3n) is 7.59. The second-order valence-electron chi connectivity index (χ2n) is 10.4. The molecule has 42 heavy (non-hydrogen) atoms. The van der Waals surface area contributed by atoms with E-state index in [-0.39, 0.29) is 11.9 Å². The highest BCUT2D eigenvalue weighted by molar-refractivity contribution is 5.87. The topological polar surface area (TPSA) is 126 Å². The molecule has 0 bridgehead atoms.